The Morgan fingerprint density at radius 2 is 1.43 bits per heavy atom. The number of halogens is 1. The summed E-state index contributed by atoms with van der Waals surface area (Å²) < 4.78 is 6.62. The zero-order valence-electron chi connectivity index (χ0n) is 28.4. The van der Waals surface area contributed by atoms with Crippen LogP contribution in [0.25, 0.3) is 0 Å². The summed E-state index contributed by atoms with van der Waals surface area (Å²) >= 11 is 3.51. The van der Waals surface area contributed by atoms with E-state index in [-0.39, 0.29) is 11.3 Å². The minimum atomic E-state index is -0.233. The second-order valence-electron chi connectivity index (χ2n) is 14.2. The van der Waals surface area contributed by atoms with Gasteiger partial charge in [-0.05, 0) is 85.1 Å². The summed E-state index contributed by atoms with van der Waals surface area (Å²) in [5, 5.41) is 0. The number of para-hydroxylation sites is 1. The van der Waals surface area contributed by atoms with Gasteiger partial charge in [-0.3, -0.25) is 9.59 Å². The van der Waals surface area contributed by atoms with Gasteiger partial charge in [0.2, 0.25) is 11.8 Å². The van der Waals surface area contributed by atoms with E-state index in [1.54, 1.807) is 7.11 Å². The topological polar surface area (TPSA) is 53.1 Å². The van der Waals surface area contributed by atoms with Crippen LogP contribution in [0.4, 0.5) is 0 Å². The first-order valence-electron chi connectivity index (χ1n) is 17.7. The average Bonchev–Trinajstić information content (AvgIpc) is 3.69. The number of hydrogen-bond acceptors (Lipinski definition) is 4. The van der Waals surface area contributed by atoms with Gasteiger partial charge in [0.05, 0.1) is 18.9 Å². The van der Waals surface area contributed by atoms with Gasteiger partial charge in [0.1, 0.15) is 5.75 Å². The van der Waals surface area contributed by atoms with Crippen LogP contribution in [0.1, 0.15) is 53.0 Å². The number of benzene rings is 4. The van der Waals surface area contributed by atoms with E-state index in [0.29, 0.717) is 30.7 Å². The van der Waals surface area contributed by atoms with Crippen LogP contribution in [0.2, 0.25) is 0 Å². The van der Waals surface area contributed by atoms with Gasteiger partial charge in [-0.2, -0.15) is 0 Å². The van der Waals surface area contributed by atoms with Crippen molar-refractivity contribution in [2.24, 2.45) is 11.3 Å². The molecule has 2 amide bonds. The number of piperidine rings is 1. The minimum absolute atomic E-state index is 0.154. The highest BCUT2D eigenvalue weighted by atomic mass is 79.9. The first-order valence-corrected chi connectivity index (χ1v) is 18.5. The average molecular weight is 721 g/mol. The summed E-state index contributed by atoms with van der Waals surface area (Å²) in [5.74, 6) is 1.90. The molecule has 4 aromatic rings. The maximum Gasteiger partial charge on any atom is 0.229 e. The molecule has 0 aromatic heterocycles. The number of nitrogens with zero attached hydrogens (tertiary/aromatic N) is 3. The van der Waals surface area contributed by atoms with E-state index in [4.69, 9.17) is 4.74 Å². The van der Waals surface area contributed by atoms with Crippen molar-refractivity contribution in [3.63, 3.8) is 0 Å². The Morgan fingerprint density at radius 1 is 0.796 bits per heavy atom. The molecule has 0 saturated carbocycles. The second kappa shape index (κ2) is 14.9. The molecule has 7 rings (SSSR count). The lowest BCUT2D eigenvalue weighted by Crippen LogP contribution is -2.46. The maximum atomic E-state index is 13.9. The fourth-order valence-electron chi connectivity index (χ4n) is 8.29. The molecule has 1 spiro atoms. The summed E-state index contributed by atoms with van der Waals surface area (Å²) in [6.07, 6.45) is 4.02. The number of ether oxygens (including phenoxy) is 1. The normalized spacial score (nSPS) is 20.7. The van der Waals surface area contributed by atoms with E-state index in [1.165, 1.54) is 22.3 Å². The van der Waals surface area contributed by atoms with Crippen molar-refractivity contribution in [2.45, 2.75) is 44.6 Å². The molecule has 49 heavy (non-hydrogen) atoms. The Labute approximate surface area is 299 Å². The number of amides is 2. The van der Waals surface area contributed by atoms with Crippen LogP contribution < -0.4 is 4.74 Å². The quantitative estimate of drug-likeness (QED) is 0.172. The summed E-state index contributed by atoms with van der Waals surface area (Å²) in [7, 11) is 1.66. The number of rotatable bonds is 10. The first kappa shape index (κ1) is 33.6. The monoisotopic (exact) mass is 719 g/mol. The molecule has 4 aromatic carbocycles. The standard InChI is InChI=1S/C42H46BrN3O3/c1-49-39-10-6-5-9-35(39)26-40(47)46-29-36(38(30-46)34-7-3-2-4-8-34)28-44-22-19-42(20-23-44)21-24-45(41(42)48)27-33-13-11-31(12-14-33)25-32-15-17-37(43)18-16-32/h2-18,36,38H,19-30H2,1H3/t36-,38+/m0/s1. The van der Waals surface area contributed by atoms with Crippen LogP contribution in [0.15, 0.2) is 108 Å². The summed E-state index contributed by atoms with van der Waals surface area (Å²) in [6.45, 7) is 5.81. The Morgan fingerprint density at radius 3 is 2.14 bits per heavy atom. The Kier molecular flexibility index (Phi) is 10.2. The summed E-state index contributed by atoms with van der Waals surface area (Å²) in [6, 6.07) is 35.7. The largest absolute Gasteiger partial charge is 0.496 e. The SMILES string of the molecule is COc1ccccc1CC(=O)N1C[C@H](CN2CCC3(CC2)CCN(Cc2ccc(Cc4ccc(Br)cc4)cc2)C3=O)[C@@H](c2ccccc2)C1. The van der Waals surface area contributed by atoms with Crippen LogP contribution in [0.5, 0.6) is 5.75 Å². The van der Waals surface area contributed by atoms with E-state index >= 15 is 0 Å². The van der Waals surface area contributed by atoms with E-state index in [9.17, 15) is 9.59 Å². The third-order valence-corrected chi connectivity index (χ3v) is 11.7. The molecule has 0 bridgehead atoms. The third kappa shape index (κ3) is 7.63. The van der Waals surface area contributed by atoms with Crippen LogP contribution in [0.3, 0.4) is 0 Å². The molecular formula is C42H46BrN3O3. The molecule has 3 aliphatic heterocycles. The van der Waals surface area contributed by atoms with Crippen molar-refractivity contribution < 1.29 is 14.3 Å². The Balaban J connectivity index is 0.946. The zero-order chi connectivity index (χ0) is 33.8. The predicted molar refractivity (Wildman–Crippen MR) is 197 cm³/mol. The van der Waals surface area contributed by atoms with Crippen LogP contribution in [-0.4, -0.2) is 72.9 Å². The van der Waals surface area contributed by atoms with Crippen molar-refractivity contribution in [3.8, 4) is 5.75 Å². The molecule has 0 radical (unpaired) electrons. The summed E-state index contributed by atoms with van der Waals surface area (Å²) in [5.41, 5.74) is 5.76. The highest BCUT2D eigenvalue weighted by Crippen LogP contribution is 2.43. The van der Waals surface area contributed by atoms with Crippen molar-refractivity contribution in [1.29, 1.82) is 0 Å². The molecule has 6 nitrogen and oxygen atoms in total. The first-order chi connectivity index (χ1) is 23.9. The van der Waals surface area contributed by atoms with E-state index in [2.05, 4.69) is 109 Å². The lowest BCUT2D eigenvalue weighted by atomic mass is 9.76. The minimum Gasteiger partial charge on any atom is -0.496 e. The Bertz CT molecular complexity index is 1740. The lowest BCUT2D eigenvalue weighted by molar-refractivity contribution is -0.139. The van der Waals surface area contributed by atoms with Crippen molar-refractivity contribution in [2.75, 3.05) is 46.4 Å². The number of methoxy groups -OCH3 is 1. The number of carbonyl (C=O) groups is 2. The fourth-order valence-corrected chi connectivity index (χ4v) is 8.55. The Hall–Kier alpha value is -3.94. The molecule has 3 saturated heterocycles. The predicted octanol–water partition coefficient (Wildman–Crippen LogP) is 7.35. The fraction of sp³-hybridized carbons (Fsp3) is 0.381. The highest BCUT2D eigenvalue weighted by Gasteiger charge is 2.48. The maximum absolute atomic E-state index is 13.9. The van der Waals surface area contributed by atoms with Crippen LogP contribution in [0, 0.1) is 11.3 Å². The highest BCUT2D eigenvalue weighted by molar-refractivity contribution is 9.10. The molecule has 3 fully saturated rings. The van der Waals surface area contributed by atoms with E-state index < -0.39 is 0 Å². The number of hydrogen-bond donors (Lipinski definition) is 0. The summed E-state index contributed by atoms with van der Waals surface area (Å²) in [4.78, 5) is 34.2. The van der Waals surface area contributed by atoms with Gasteiger partial charge in [-0.1, -0.05) is 101 Å². The molecule has 3 heterocycles. The van der Waals surface area contributed by atoms with Gasteiger partial charge in [-0.25, -0.2) is 0 Å². The van der Waals surface area contributed by atoms with Gasteiger partial charge in [0, 0.05) is 48.7 Å². The molecule has 0 unspecified atom stereocenters. The van der Waals surface area contributed by atoms with Crippen molar-refractivity contribution in [3.05, 3.63) is 135 Å². The zero-order valence-corrected chi connectivity index (χ0v) is 30.0. The smallest absolute Gasteiger partial charge is 0.229 e. The van der Waals surface area contributed by atoms with Gasteiger partial charge >= 0.3 is 0 Å². The molecule has 254 valence electrons. The molecule has 0 N–H and O–H groups in total. The molecule has 2 atom stereocenters. The van der Waals surface area contributed by atoms with Gasteiger partial charge in [-0.15, -0.1) is 0 Å². The number of carbonyl (C=O) groups excluding carboxylic acids is 2. The molecular weight excluding hydrogens is 674 g/mol. The van der Waals surface area contributed by atoms with Gasteiger partial charge < -0.3 is 19.4 Å². The van der Waals surface area contributed by atoms with Gasteiger partial charge in [0.25, 0.3) is 0 Å². The second-order valence-corrected chi connectivity index (χ2v) is 15.2. The molecule has 7 heteroatoms. The van der Waals surface area contributed by atoms with Crippen LogP contribution >= 0.6 is 15.9 Å². The third-order valence-electron chi connectivity index (χ3n) is 11.2. The lowest BCUT2D eigenvalue weighted by Gasteiger charge is -2.39. The van der Waals surface area contributed by atoms with Crippen LogP contribution in [-0.2, 0) is 29.0 Å². The van der Waals surface area contributed by atoms with Gasteiger partial charge in [0.15, 0.2) is 0 Å². The van der Waals surface area contributed by atoms with Crippen molar-refractivity contribution in [1.82, 2.24) is 14.7 Å². The number of likely N-dealkylation sites (tertiary alicyclic amines) is 3. The molecule has 3 aliphatic rings. The van der Waals surface area contributed by atoms with Crippen molar-refractivity contribution >= 4 is 27.7 Å². The molecule has 0 aliphatic carbocycles. The van der Waals surface area contributed by atoms with E-state index in [0.717, 1.165) is 80.7 Å². The van der Waals surface area contributed by atoms with E-state index in [1.807, 2.05) is 24.3 Å².